The number of nitrogens with one attached hydrogen (secondary N) is 1. The monoisotopic (exact) mass is 350 g/mol. The molecule has 3 N–H and O–H groups in total. The molecule has 0 saturated heterocycles. The molecule has 2 unspecified atom stereocenters. The Kier molecular flexibility index (Phi) is 4.31. The smallest absolute Gasteiger partial charge is 0.287 e. The normalized spacial score (nSPS) is 22.4. The first kappa shape index (κ1) is 14.6. The molecule has 0 radical (unpaired) electrons. The number of nitrogens with two attached hydrogens (primary N) is 1. The van der Waals surface area contributed by atoms with E-state index in [9.17, 15) is 4.79 Å². The average Bonchev–Trinajstić information content (AvgIpc) is 2.91. The van der Waals surface area contributed by atoms with Crippen LogP contribution in [0.4, 0.5) is 0 Å². The molecular formula is C16H19BrN2O2. The van der Waals surface area contributed by atoms with Gasteiger partial charge in [-0.25, -0.2) is 0 Å². The molecule has 2 atom stereocenters. The number of rotatable bonds is 3. The van der Waals surface area contributed by atoms with Crippen molar-refractivity contribution < 1.29 is 9.21 Å². The van der Waals surface area contributed by atoms with Crippen LogP contribution in [-0.2, 0) is 0 Å². The van der Waals surface area contributed by atoms with E-state index in [1.807, 2.05) is 18.2 Å². The van der Waals surface area contributed by atoms with Crippen molar-refractivity contribution in [2.24, 2.45) is 11.7 Å². The van der Waals surface area contributed by atoms with E-state index in [0.29, 0.717) is 18.2 Å². The summed E-state index contributed by atoms with van der Waals surface area (Å²) in [6.45, 7) is 0.623. The van der Waals surface area contributed by atoms with Gasteiger partial charge in [0.25, 0.3) is 5.91 Å². The van der Waals surface area contributed by atoms with Gasteiger partial charge in [-0.1, -0.05) is 28.8 Å². The van der Waals surface area contributed by atoms with Gasteiger partial charge in [0.2, 0.25) is 0 Å². The lowest BCUT2D eigenvalue weighted by molar-refractivity contribution is 0.0882. The Hall–Kier alpha value is -1.33. The van der Waals surface area contributed by atoms with Crippen molar-refractivity contribution in [2.75, 3.05) is 6.54 Å². The van der Waals surface area contributed by atoms with Gasteiger partial charge in [0.15, 0.2) is 5.76 Å². The summed E-state index contributed by atoms with van der Waals surface area (Å²) in [5.41, 5.74) is 6.53. The fourth-order valence-corrected chi connectivity index (χ4v) is 3.42. The number of hydrogen-bond donors (Lipinski definition) is 2. The lowest BCUT2D eigenvalue weighted by Gasteiger charge is -2.30. The van der Waals surface area contributed by atoms with Gasteiger partial charge in [0.1, 0.15) is 5.58 Å². The second-order valence-corrected chi connectivity index (χ2v) is 6.57. The summed E-state index contributed by atoms with van der Waals surface area (Å²) in [4.78, 5) is 12.4. The molecule has 1 heterocycles. The Balaban J connectivity index is 1.77. The van der Waals surface area contributed by atoms with Crippen LogP contribution in [0.5, 0.6) is 0 Å². The van der Waals surface area contributed by atoms with E-state index in [4.69, 9.17) is 10.2 Å². The van der Waals surface area contributed by atoms with Crippen LogP contribution in [0.1, 0.15) is 36.2 Å². The third-order valence-electron chi connectivity index (χ3n) is 4.23. The van der Waals surface area contributed by atoms with E-state index in [1.54, 1.807) is 6.07 Å². The van der Waals surface area contributed by atoms with Crippen molar-refractivity contribution in [2.45, 2.75) is 31.7 Å². The summed E-state index contributed by atoms with van der Waals surface area (Å²) in [5, 5.41) is 4.01. The first-order valence-electron chi connectivity index (χ1n) is 7.37. The first-order chi connectivity index (χ1) is 10.2. The maximum atomic E-state index is 12.4. The molecule has 112 valence electrons. The maximum absolute atomic E-state index is 12.4. The third kappa shape index (κ3) is 3.14. The van der Waals surface area contributed by atoms with Crippen LogP contribution in [0.25, 0.3) is 11.0 Å². The molecular weight excluding hydrogens is 332 g/mol. The predicted octanol–water partition coefficient (Wildman–Crippen LogP) is 3.44. The molecule has 0 bridgehead atoms. The van der Waals surface area contributed by atoms with E-state index < -0.39 is 0 Å². The van der Waals surface area contributed by atoms with Crippen LogP contribution in [0, 0.1) is 5.92 Å². The van der Waals surface area contributed by atoms with Crippen molar-refractivity contribution in [3.63, 3.8) is 0 Å². The van der Waals surface area contributed by atoms with Crippen LogP contribution < -0.4 is 11.1 Å². The molecule has 5 heteroatoms. The Morgan fingerprint density at radius 1 is 1.33 bits per heavy atom. The lowest BCUT2D eigenvalue weighted by Crippen LogP contribution is -2.44. The maximum Gasteiger partial charge on any atom is 0.287 e. The zero-order chi connectivity index (χ0) is 14.8. The van der Waals surface area contributed by atoms with E-state index in [1.165, 1.54) is 6.42 Å². The molecule has 2 aromatic rings. The molecule has 21 heavy (non-hydrogen) atoms. The molecule has 1 saturated carbocycles. The zero-order valence-corrected chi connectivity index (χ0v) is 13.4. The van der Waals surface area contributed by atoms with Crippen LogP contribution >= 0.6 is 15.9 Å². The number of fused-ring (bicyclic) bond motifs is 1. The van der Waals surface area contributed by atoms with Crippen molar-refractivity contribution in [3.8, 4) is 0 Å². The quantitative estimate of drug-likeness (QED) is 0.890. The Morgan fingerprint density at radius 3 is 2.95 bits per heavy atom. The summed E-state index contributed by atoms with van der Waals surface area (Å²) >= 11 is 3.42. The SMILES string of the molecule is NCC1CCCCC1NC(=O)c1cc2cc(Br)ccc2o1. The summed E-state index contributed by atoms with van der Waals surface area (Å²) in [5.74, 6) is 0.596. The molecule has 0 spiro atoms. The predicted molar refractivity (Wildman–Crippen MR) is 86.2 cm³/mol. The highest BCUT2D eigenvalue weighted by Crippen LogP contribution is 2.26. The van der Waals surface area contributed by atoms with Crippen molar-refractivity contribution in [1.29, 1.82) is 0 Å². The van der Waals surface area contributed by atoms with Gasteiger partial charge < -0.3 is 15.5 Å². The minimum absolute atomic E-state index is 0.146. The molecule has 1 aromatic heterocycles. The Morgan fingerprint density at radius 2 is 2.14 bits per heavy atom. The highest BCUT2D eigenvalue weighted by molar-refractivity contribution is 9.10. The van der Waals surface area contributed by atoms with E-state index in [-0.39, 0.29) is 11.9 Å². The minimum atomic E-state index is -0.146. The number of carbonyl (C=O) groups is 1. The van der Waals surface area contributed by atoms with Gasteiger partial charge in [-0.2, -0.15) is 0 Å². The Labute approximate surface area is 132 Å². The first-order valence-corrected chi connectivity index (χ1v) is 8.16. The largest absolute Gasteiger partial charge is 0.451 e. The molecule has 1 amide bonds. The number of amides is 1. The highest BCUT2D eigenvalue weighted by atomic mass is 79.9. The van der Waals surface area contributed by atoms with Crippen molar-refractivity contribution in [3.05, 3.63) is 34.5 Å². The minimum Gasteiger partial charge on any atom is -0.451 e. The lowest BCUT2D eigenvalue weighted by atomic mass is 9.84. The van der Waals surface area contributed by atoms with Gasteiger partial charge in [-0.3, -0.25) is 4.79 Å². The number of hydrogen-bond acceptors (Lipinski definition) is 3. The van der Waals surface area contributed by atoms with Crippen molar-refractivity contribution in [1.82, 2.24) is 5.32 Å². The van der Waals surface area contributed by atoms with Crippen molar-refractivity contribution >= 4 is 32.8 Å². The number of halogens is 1. The summed E-state index contributed by atoms with van der Waals surface area (Å²) in [6.07, 6.45) is 4.44. The van der Waals surface area contributed by atoms with Gasteiger partial charge in [0.05, 0.1) is 0 Å². The number of furan rings is 1. The molecule has 3 rings (SSSR count). The second kappa shape index (κ2) is 6.20. The van der Waals surface area contributed by atoms with Gasteiger partial charge >= 0.3 is 0 Å². The topological polar surface area (TPSA) is 68.3 Å². The number of benzene rings is 1. The van der Waals surface area contributed by atoms with Crippen LogP contribution in [0.2, 0.25) is 0 Å². The highest BCUT2D eigenvalue weighted by Gasteiger charge is 2.26. The summed E-state index contributed by atoms with van der Waals surface area (Å²) in [7, 11) is 0. The number of carbonyl (C=O) groups excluding carboxylic acids is 1. The van der Waals surface area contributed by atoms with E-state index in [2.05, 4.69) is 21.2 Å². The molecule has 1 aliphatic rings. The third-order valence-corrected chi connectivity index (χ3v) is 4.72. The summed E-state index contributed by atoms with van der Waals surface area (Å²) in [6, 6.07) is 7.66. The second-order valence-electron chi connectivity index (χ2n) is 5.65. The standard InChI is InChI=1S/C16H19BrN2O2/c17-12-5-6-14-11(7-12)8-15(21-14)16(20)19-13-4-2-1-3-10(13)9-18/h5-8,10,13H,1-4,9,18H2,(H,19,20). The van der Waals surface area contributed by atoms with Crippen LogP contribution in [-0.4, -0.2) is 18.5 Å². The fourth-order valence-electron chi connectivity index (χ4n) is 3.05. The summed E-state index contributed by atoms with van der Waals surface area (Å²) < 4.78 is 6.60. The molecule has 4 nitrogen and oxygen atoms in total. The molecule has 1 fully saturated rings. The fraction of sp³-hybridized carbons (Fsp3) is 0.438. The van der Waals surface area contributed by atoms with Gasteiger partial charge in [-0.05, 0) is 49.6 Å². The van der Waals surface area contributed by atoms with Gasteiger partial charge in [0, 0.05) is 15.9 Å². The van der Waals surface area contributed by atoms with E-state index in [0.717, 1.165) is 34.7 Å². The van der Waals surface area contributed by atoms with Gasteiger partial charge in [-0.15, -0.1) is 0 Å². The Bertz CT molecular complexity index is 653. The van der Waals surface area contributed by atoms with Crippen LogP contribution in [0.15, 0.2) is 33.2 Å². The molecule has 1 aromatic carbocycles. The zero-order valence-electron chi connectivity index (χ0n) is 11.8. The molecule has 1 aliphatic carbocycles. The van der Waals surface area contributed by atoms with E-state index >= 15 is 0 Å². The van der Waals surface area contributed by atoms with Crippen LogP contribution in [0.3, 0.4) is 0 Å². The average molecular weight is 351 g/mol. The molecule has 0 aliphatic heterocycles.